The van der Waals surface area contributed by atoms with Gasteiger partial charge in [0.1, 0.15) is 6.04 Å². The Morgan fingerprint density at radius 1 is 1.22 bits per heavy atom. The summed E-state index contributed by atoms with van der Waals surface area (Å²) in [7, 11) is 3.67. The van der Waals surface area contributed by atoms with E-state index in [1.54, 1.807) is 25.1 Å². The number of urea groups is 1. The molecule has 1 atom stereocenters. The zero-order valence-corrected chi connectivity index (χ0v) is 15.2. The van der Waals surface area contributed by atoms with Gasteiger partial charge in [-0.2, -0.15) is 0 Å². The summed E-state index contributed by atoms with van der Waals surface area (Å²) >= 11 is 6.16. The van der Waals surface area contributed by atoms with Crippen LogP contribution in [0, 0.1) is 0 Å². The van der Waals surface area contributed by atoms with Crippen LogP contribution < -0.4 is 20.9 Å². The van der Waals surface area contributed by atoms with Gasteiger partial charge >= 0.3 is 6.03 Å². The maximum absolute atomic E-state index is 12.1. The molecule has 3 amide bonds. The van der Waals surface area contributed by atoms with E-state index in [9.17, 15) is 9.59 Å². The molecule has 1 unspecified atom stereocenters. The van der Waals surface area contributed by atoms with E-state index in [0.29, 0.717) is 16.4 Å². The second kappa shape index (κ2) is 7.55. The zero-order valence-electron chi connectivity index (χ0n) is 14.5. The predicted molar refractivity (Wildman–Crippen MR) is 95.3 cm³/mol. The summed E-state index contributed by atoms with van der Waals surface area (Å²) in [5.41, 5.74) is 0.925. The first-order valence-electron chi connectivity index (χ1n) is 7.36. The standard InChI is InChI=1S/C16H25ClN4O2/c1-10(14(22)20-16(2,3)4)18-15(23)19-12-9-7-8-11(17)13(12)21(5)6/h7-10H,1-6H3,(H,20,22)(H2,18,19,23). The van der Waals surface area contributed by atoms with Crippen LogP contribution in [0.3, 0.4) is 0 Å². The minimum absolute atomic E-state index is 0.244. The van der Waals surface area contributed by atoms with Crippen molar-refractivity contribution in [3.63, 3.8) is 0 Å². The number of hydrogen-bond donors (Lipinski definition) is 3. The van der Waals surface area contributed by atoms with E-state index >= 15 is 0 Å². The molecule has 7 heteroatoms. The van der Waals surface area contributed by atoms with E-state index in [1.807, 2.05) is 39.8 Å². The molecule has 0 saturated heterocycles. The van der Waals surface area contributed by atoms with Gasteiger partial charge in [-0.3, -0.25) is 4.79 Å². The number of carbonyl (C=O) groups excluding carboxylic acids is 2. The normalized spacial score (nSPS) is 12.3. The number of benzene rings is 1. The lowest BCUT2D eigenvalue weighted by molar-refractivity contribution is -0.123. The maximum Gasteiger partial charge on any atom is 0.319 e. The molecule has 23 heavy (non-hydrogen) atoms. The van der Waals surface area contributed by atoms with Crippen LogP contribution in [0.15, 0.2) is 18.2 Å². The van der Waals surface area contributed by atoms with Gasteiger partial charge in [0.05, 0.1) is 16.4 Å². The fourth-order valence-corrected chi connectivity index (χ4v) is 2.31. The first kappa shape index (κ1) is 19.1. The molecular weight excluding hydrogens is 316 g/mol. The molecule has 0 radical (unpaired) electrons. The Kier molecular flexibility index (Phi) is 6.27. The molecule has 0 saturated carbocycles. The van der Waals surface area contributed by atoms with E-state index in [0.717, 1.165) is 0 Å². The van der Waals surface area contributed by atoms with Crippen molar-refractivity contribution in [2.45, 2.75) is 39.3 Å². The van der Waals surface area contributed by atoms with Crippen LogP contribution in [-0.2, 0) is 4.79 Å². The Bertz CT molecular complexity index is 582. The van der Waals surface area contributed by atoms with Crippen LogP contribution in [0.4, 0.5) is 16.2 Å². The molecule has 3 N–H and O–H groups in total. The molecule has 0 bridgehead atoms. The van der Waals surface area contributed by atoms with Crippen molar-refractivity contribution in [3.8, 4) is 0 Å². The summed E-state index contributed by atoms with van der Waals surface area (Å²) in [6.45, 7) is 7.28. The number of amides is 3. The van der Waals surface area contributed by atoms with Gasteiger partial charge in [-0.25, -0.2) is 4.79 Å². The van der Waals surface area contributed by atoms with Crippen molar-refractivity contribution in [3.05, 3.63) is 23.2 Å². The first-order chi connectivity index (χ1) is 10.5. The third kappa shape index (κ3) is 5.98. The van der Waals surface area contributed by atoms with Crippen LogP contribution >= 0.6 is 11.6 Å². The third-order valence-corrected chi connectivity index (χ3v) is 3.23. The lowest BCUT2D eigenvalue weighted by atomic mass is 10.1. The number of hydrogen-bond acceptors (Lipinski definition) is 3. The Morgan fingerprint density at radius 3 is 2.35 bits per heavy atom. The number of nitrogens with one attached hydrogen (secondary N) is 3. The van der Waals surface area contributed by atoms with E-state index in [4.69, 9.17) is 11.6 Å². The van der Waals surface area contributed by atoms with E-state index in [1.165, 1.54) is 0 Å². The molecule has 0 spiro atoms. The highest BCUT2D eigenvalue weighted by molar-refractivity contribution is 6.34. The second-order valence-electron chi connectivity index (χ2n) is 6.59. The summed E-state index contributed by atoms with van der Waals surface area (Å²) in [5.74, 6) is -0.244. The van der Waals surface area contributed by atoms with Crippen LogP contribution in [0.25, 0.3) is 0 Å². The molecule has 1 aromatic rings. The fourth-order valence-electron chi connectivity index (χ4n) is 1.97. The van der Waals surface area contributed by atoms with Crippen molar-refractivity contribution >= 4 is 34.9 Å². The van der Waals surface area contributed by atoms with Gasteiger partial charge in [0.15, 0.2) is 0 Å². The highest BCUT2D eigenvalue weighted by Crippen LogP contribution is 2.32. The summed E-state index contributed by atoms with van der Waals surface area (Å²) in [5, 5.41) is 8.69. The lowest BCUT2D eigenvalue weighted by Crippen LogP contribution is -2.51. The summed E-state index contributed by atoms with van der Waals surface area (Å²) in [4.78, 5) is 25.9. The average molecular weight is 341 g/mol. The second-order valence-corrected chi connectivity index (χ2v) is 7.00. The molecule has 0 aromatic heterocycles. The van der Waals surface area contributed by atoms with Crippen molar-refractivity contribution in [2.75, 3.05) is 24.3 Å². The lowest BCUT2D eigenvalue weighted by Gasteiger charge is -2.24. The molecule has 6 nitrogen and oxygen atoms in total. The predicted octanol–water partition coefficient (Wildman–Crippen LogP) is 2.83. The SMILES string of the molecule is CC(NC(=O)Nc1cccc(Cl)c1N(C)C)C(=O)NC(C)(C)C. The van der Waals surface area contributed by atoms with Crippen molar-refractivity contribution < 1.29 is 9.59 Å². The van der Waals surface area contributed by atoms with E-state index < -0.39 is 12.1 Å². The van der Waals surface area contributed by atoms with Crippen molar-refractivity contribution in [1.29, 1.82) is 0 Å². The number of rotatable bonds is 4. The molecule has 128 valence electrons. The largest absolute Gasteiger partial charge is 0.375 e. The zero-order chi connectivity index (χ0) is 17.8. The molecule has 0 fully saturated rings. The van der Waals surface area contributed by atoms with Crippen molar-refractivity contribution in [2.24, 2.45) is 0 Å². The molecule has 0 heterocycles. The van der Waals surface area contributed by atoms with Crippen LogP contribution in [0.2, 0.25) is 5.02 Å². The van der Waals surface area contributed by atoms with Crippen molar-refractivity contribution in [1.82, 2.24) is 10.6 Å². The topological polar surface area (TPSA) is 73.5 Å². The van der Waals surface area contributed by atoms with Gasteiger partial charge in [0.25, 0.3) is 0 Å². The Morgan fingerprint density at radius 2 is 1.83 bits per heavy atom. The molecular formula is C16H25ClN4O2. The Balaban J connectivity index is 2.75. The molecule has 1 aromatic carbocycles. The fraction of sp³-hybridized carbons (Fsp3) is 0.500. The van der Waals surface area contributed by atoms with Gasteiger partial charge in [0, 0.05) is 19.6 Å². The highest BCUT2D eigenvalue weighted by atomic mass is 35.5. The van der Waals surface area contributed by atoms with Crippen LogP contribution in [0.5, 0.6) is 0 Å². The summed E-state index contributed by atoms with van der Waals surface area (Å²) < 4.78 is 0. The Hall–Kier alpha value is -1.95. The minimum atomic E-state index is -0.656. The highest BCUT2D eigenvalue weighted by Gasteiger charge is 2.21. The molecule has 0 aliphatic heterocycles. The maximum atomic E-state index is 12.1. The number of halogens is 1. The van der Waals surface area contributed by atoms with E-state index in [-0.39, 0.29) is 11.4 Å². The van der Waals surface area contributed by atoms with Gasteiger partial charge < -0.3 is 20.9 Å². The monoisotopic (exact) mass is 340 g/mol. The number of nitrogens with zero attached hydrogens (tertiary/aromatic N) is 1. The first-order valence-corrected chi connectivity index (χ1v) is 7.74. The van der Waals surface area contributed by atoms with Gasteiger partial charge in [0.2, 0.25) is 5.91 Å². The quantitative estimate of drug-likeness (QED) is 0.789. The minimum Gasteiger partial charge on any atom is -0.375 e. The van der Waals surface area contributed by atoms with Crippen LogP contribution in [-0.4, -0.2) is 37.6 Å². The Labute approximate surface area is 142 Å². The third-order valence-electron chi connectivity index (χ3n) is 2.92. The summed E-state index contributed by atoms with van der Waals surface area (Å²) in [6, 6.07) is 4.13. The summed E-state index contributed by atoms with van der Waals surface area (Å²) in [6.07, 6.45) is 0. The average Bonchev–Trinajstić information content (AvgIpc) is 2.35. The van der Waals surface area contributed by atoms with Gasteiger partial charge in [-0.05, 0) is 39.8 Å². The smallest absolute Gasteiger partial charge is 0.319 e. The number of para-hydroxylation sites is 1. The number of carbonyl (C=O) groups is 2. The van der Waals surface area contributed by atoms with Crippen LogP contribution in [0.1, 0.15) is 27.7 Å². The van der Waals surface area contributed by atoms with Gasteiger partial charge in [-0.1, -0.05) is 17.7 Å². The molecule has 0 aliphatic rings. The number of anilines is 2. The van der Waals surface area contributed by atoms with Gasteiger partial charge in [-0.15, -0.1) is 0 Å². The van der Waals surface area contributed by atoms with E-state index in [2.05, 4.69) is 16.0 Å². The molecule has 0 aliphatic carbocycles. The molecule has 1 rings (SSSR count).